The van der Waals surface area contributed by atoms with Gasteiger partial charge in [-0.15, -0.1) is 0 Å². The monoisotopic (exact) mass is 341 g/mol. The number of ether oxygens (including phenoxy) is 1. The number of rotatable bonds is 4. The zero-order valence-electron chi connectivity index (χ0n) is 12.4. The second-order valence-electron chi connectivity index (χ2n) is 5.10. The van der Waals surface area contributed by atoms with Gasteiger partial charge in [0.1, 0.15) is 6.61 Å². The van der Waals surface area contributed by atoms with Crippen LogP contribution in [-0.4, -0.2) is 17.8 Å². The van der Waals surface area contributed by atoms with E-state index < -0.39 is 17.8 Å². The molecule has 0 spiro atoms. The van der Waals surface area contributed by atoms with E-state index >= 15 is 0 Å². The van der Waals surface area contributed by atoms with Crippen molar-refractivity contribution in [2.75, 3.05) is 4.90 Å². The van der Waals surface area contributed by atoms with E-state index in [0.717, 1.165) is 10.5 Å². The van der Waals surface area contributed by atoms with Gasteiger partial charge in [-0.2, -0.15) is 0 Å². The number of benzene rings is 2. The largest absolute Gasteiger partial charge is 0.457 e. The van der Waals surface area contributed by atoms with Gasteiger partial charge in [0.2, 0.25) is 0 Å². The summed E-state index contributed by atoms with van der Waals surface area (Å²) in [5, 5.41) is 0.603. The number of anilines is 1. The lowest BCUT2D eigenvalue weighted by Crippen LogP contribution is -2.29. The predicted octanol–water partition coefficient (Wildman–Crippen LogP) is 3.13. The topological polar surface area (TPSA) is 63.7 Å². The van der Waals surface area contributed by atoms with Gasteiger partial charge in [-0.3, -0.25) is 9.59 Å². The van der Waals surface area contributed by atoms with Gasteiger partial charge in [0.25, 0.3) is 11.8 Å². The summed E-state index contributed by atoms with van der Waals surface area (Å²) in [5.41, 5.74) is 1.39. The summed E-state index contributed by atoms with van der Waals surface area (Å²) in [5.74, 6) is -1.42. The normalized spacial score (nSPS) is 13.5. The minimum absolute atomic E-state index is 0.101. The molecular formula is C18H12ClNO4. The summed E-state index contributed by atoms with van der Waals surface area (Å²) in [4.78, 5) is 36.6. The summed E-state index contributed by atoms with van der Waals surface area (Å²) in [6.07, 6.45) is 2.38. The number of halogens is 1. The molecule has 0 bridgehead atoms. The molecule has 120 valence electrons. The van der Waals surface area contributed by atoms with Crippen molar-refractivity contribution in [3.63, 3.8) is 0 Å². The van der Waals surface area contributed by atoms with Crippen molar-refractivity contribution >= 4 is 35.1 Å². The highest BCUT2D eigenvalue weighted by Gasteiger charge is 2.25. The van der Waals surface area contributed by atoms with E-state index in [1.54, 1.807) is 42.5 Å². The molecule has 0 saturated heterocycles. The number of carbonyl (C=O) groups excluding carboxylic acids is 3. The molecule has 0 saturated carbocycles. The Balaban J connectivity index is 1.71. The standard InChI is InChI=1S/C18H12ClNO4/c19-14-6-4-12(5-7-14)11-24-18(23)13-2-1-3-15(10-13)20-16(21)8-9-17(20)22/h1-10H,11H2. The Hall–Kier alpha value is -2.92. The van der Waals surface area contributed by atoms with E-state index in [1.165, 1.54) is 18.2 Å². The van der Waals surface area contributed by atoms with Crippen LogP contribution in [0.5, 0.6) is 0 Å². The van der Waals surface area contributed by atoms with Gasteiger partial charge in [-0.25, -0.2) is 9.69 Å². The molecule has 2 aromatic rings. The van der Waals surface area contributed by atoms with Gasteiger partial charge in [0.05, 0.1) is 11.3 Å². The van der Waals surface area contributed by atoms with Crippen LogP contribution in [0.15, 0.2) is 60.7 Å². The number of esters is 1. The summed E-state index contributed by atoms with van der Waals surface area (Å²) in [7, 11) is 0. The molecule has 5 nitrogen and oxygen atoms in total. The first-order valence-corrected chi connectivity index (χ1v) is 7.50. The van der Waals surface area contributed by atoms with Gasteiger partial charge < -0.3 is 4.74 Å². The fourth-order valence-electron chi connectivity index (χ4n) is 2.24. The highest BCUT2D eigenvalue weighted by Crippen LogP contribution is 2.21. The van der Waals surface area contributed by atoms with Crippen molar-refractivity contribution in [1.82, 2.24) is 0 Å². The van der Waals surface area contributed by atoms with Crippen LogP contribution in [0, 0.1) is 0 Å². The predicted molar refractivity (Wildman–Crippen MR) is 88.6 cm³/mol. The molecule has 0 atom stereocenters. The van der Waals surface area contributed by atoms with Crippen LogP contribution in [0.1, 0.15) is 15.9 Å². The second-order valence-corrected chi connectivity index (χ2v) is 5.53. The zero-order valence-corrected chi connectivity index (χ0v) is 13.2. The molecule has 0 aromatic heterocycles. The highest BCUT2D eigenvalue weighted by atomic mass is 35.5. The molecule has 2 amide bonds. The van der Waals surface area contributed by atoms with E-state index in [0.29, 0.717) is 10.7 Å². The maximum Gasteiger partial charge on any atom is 0.338 e. The summed E-state index contributed by atoms with van der Waals surface area (Å²) in [6.45, 7) is 0.101. The highest BCUT2D eigenvalue weighted by molar-refractivity contribution is 6.30. The first-order valence-electron chi connectivity index (χ1n) is 7.12. The molecule has 2 aromatic carbocycles. The lowest BCUT2D eigenvalue weighted by molar-refractivity contribution is -0.119. The molecule has 0 fully saturated rings. The third-order valence-corrected chi connectivity index (χ3v) is 3.68. The number of hydrogen-bond acceptors (Lipinski definition) is 4. The first kappa shape index (κ1) is 16.0. The van der Waals surface area contributed by atoms with Gasteiger partial charge in [0, 0.05) is 17.2 Å². The number of amides is 2. The smallest absolute Gasteiger partial charge is 0.338 e. The Morgan fingerprint density at radius 1 is 1.00 bits per heavy atom. The van der Waals surface area contributed by atoms with Gasteiger partial charge in [0.15, 0.2) is 0 Å². The Kier molecular flexibility index (Phi) is 4.44. The maximum atomic E-state index is 12.2. The fourth-order valence-corrected chi connectivity index (χ4v) is 2.37. The molecule has 3 rings (SSSR count). The van der Waals surface area contributed by atoms with Crippen LogP contribution in [0.25, 0.3) is 0 Å². The van der Waals surface area contributed by atoms with Crippen molar-refractivity contribution in [3.05, 3.63) is 76.8 Å². The first-order chi connectivity index (χ1) is 11.5. The van der Waals surface area contributed by atoms with E-state index in [4.69, 9.17) is 16.3 Å². The van der Waals surface area contributed by atoms with Crippen LogP contribution in [0.4, 0.5) is 5.69 Å². The summed E-state index contributed by atoms with van der Waals surface area (Å²) in [6, 6.07) is 13.1. The number of hydrogen-bond donors (Lipinski definition) is 0. The molecule has 1 aliphatic heterocycles. The molecular weight excluding hydrogens is 330 g/mol. The third-order valence-electron chi connectivity index (χ3n) is 3.43. The van der Waals surface area contributed by atoms with Crippen molar-refractivity contribution in [2.45, 2.75) is 6.61 Å². The zero-order chi connectivity index (χ0) is 17.1. The van der Waals surface area contributed by atoms with Crippen molar-refractivity contribution in [2.24, 2.45) is 0 Å². The molecule has 6 heteroatoms. The van der Waals surface area contributed by atoms with Crippen LogP contribution < -0.4 is 4.90 Å². The average Bonchev–Trinajstić information content (AvgIpc) is 2.93. The van der Waals surface area contributed by atoms with Gasteiger partial charge in [-0.05, 0) is 35.9 Å². The summed E-state index contributed by atoms with van der Waals surface area (Å²) < 4.78 is 5.24. The quantitative estimate of drug-likeness (QED) is 0.633. The molecule has 0 radical (unpaired) electrons. The second kappa shape index (κ2) is 6.68. The van der Waals surface area contributed by atoms with E-state index in [1.807, 2.05) is 0 Å². The molecule has 24 heavy (non-hydrogen) atoms. The number of imide groups is 1. The van der Waals surface area contributed by atoms with Crippen molar-refractivity contribution in [3.8, 4) is 0 Å². The minimum atomic E-state index is -0.543. The Labute approximate surface area is 143 Å². The van der Waals surface area contributed by atoms with Crippen molar-refractivity contribution in [1.29, 1.82) is 0 Å². The fraction of sp³-hybridized carbons (Fsp3) is 0.0556. The third kappa shape index (κ3) is 3.36. The van der Waals surface area contributed by atoms with E-state index in [9.17, 15) is 14.4 Å². The van der Waals surface area contributed by atoms with Crippen LogP contribution in [0.3, 0.4) is 0 Å². The van der Waals surface area contributed by atoms with Crippen LogP contribution in [-0.2, 0) is 20.9 Å². The number of nitrogens with zero attached hydrogens (tertiary/aromatic N) is 1. The number of carbonyl (C=O) groups is 3. The molecule has 1 aliphatic rings. The van der Waals surface area contributed by atoms with Gasteiger partial charge >= 0.3 is 5.97 Å². The van der Waals surface area contributed by atoms with Crippen molar-refractivity contribution < 1.29 is 19.1 Å². The molecule has 1 heterocycles. The molecule has 0 N–H and O–H groups in total. The van der Waals surface area contributed by atoms with Gasteiger partial charge in [-0.1, -0.05) is 29.8 Å². The minimum Gasteiger partial charge on any atom is -0.457 e. The average molecular weight is 342 g/mol. The van der Waals surface area contributed by atoms with Crippen LogP contribution in [0.2, 0.25) is 5.02 Å². The lowest BCUT2D eigenvalue weighted by atomic mass is 10.2. The Morgan fingerprint density at radius 2 is 1.67 bits per heavy atom. The molecule has 0 aliphatic carbocycles. The Morgan fingerprint density at radius 3 is 2.33 bits per heavy atom. The Bertz CT molecular complexity index is 824. The van der Waals surface area contributed by atoms with Crippen LogP contribution >= 0.6 is 11.6 Å². The SMILES string of the molecule is O=C(OCc1ccc(Cl)cc1)c1cccc(N2C(=O)C=CC2=O)c1. The molecule has 0 unspecified atom stereocenters. The summed E-state index contributed by atoms with van der Waals surface area (Å²) >= 11 is 5.80. The van der Waals surface area contributed by atoms with E-state index in [2.05, 4.69) is 0 Å². The maximum absolute atomic E-state index is 12.2. The van der Waals surface area contributed by atoms with E-state index in [-0.39, 0.29) is 12.2 Å². The lowest BCUT2D eigenvalue weighted by Gasteiger charge is -2.14.